The zero-order valence-corrected chi connectivity index (χ0v) is 12.6. The molecule has 1 saturated heterocycles. The third-order valence-corrected chi connectivity index (χ3v) is 4.80. The van der Waals surface area contributed by atoms with Gasteiger partial charge in [0.1, 0.15) is 12.4 Å². The Labute approximate surface area is 125 Å². The van der Waals surface area contributed by atoms with Gasteiger partial charge in [-0.3, -0.25) is 4.79 Å². The first-order valence-corrected chi connectivity index (χ1v) is 7.72. The van der Waals surface area contributed by atoms with Gasteiger partial charge >= 0.3 is 0 Å². The molecule has 1 saturated carbocycles. The lowest BCUT2D eigenvalue weighted by atomic mass is 9.89. The van der Waals surface area contributed by atoms with E-state index in [-0.39, 0.29) is 17.1 Å². The van der Waals surface area contributed by atoms with E-state index in [0.717, 1.165) is 37.9 Å². The van der Waals surface area contributed by atoms with Crippen molar-refractivity contribution in [1.82, 2.24) is 5.32 Å². The summed E-state index contributed by atoms with van der Waals surface area (Å²) in [6.07, 6.45) is 3.28. The van der Waals surface area contributed by atoms with Gasteiger partial charge in [-0.2, -0.15) is 0 Å². The first-order valence-electron chi connectivity index (χ1n) is 7.72. The summed E-state index contributed by atoms with van der Waals surface area (Å²) in [6.45, 7) is 3.08. The first kappa shape index (κ1) is 14.5. The van der Waals surface area contributed by atoms with Crippen molar-refractivity contribution in [2.45, 2.75) is 19.3 Å². The van der Waals surface area contributed by atoms with Gasteiger partial charge in [-0.25, -0.2) is 0 Å². The summed E-state index contributed by atoms with van der Waals surface area (Å²) in [5.74, 6) is 1.13. The van der Waals surface area contributed by atoms with Gasteiger partial charge in [0.15, 0.2) is 5.78 Å². The Kier molecular flexibility index (Phi) is 4.27. The molecular formula is C17H23NO3. The second-order valence-corrected chi connectivity index (χ2v) is 6.07. The van der Waals surface area contributed by atoms with Crippen LogP contribution in [0.3, 0.4) is 0 Å². The number of methoxy groups -OCH3 is 1. The lowest BCUT2D eigenvalue weighted by molar-refractivity contribution is 0.0933. The SMILES string of the molecule is COCCOc1ccccc1C(=O)C1CC12CCNCC2. The first-order chi connectivity index (χ1) is 10.3. The van der Waals surface area contributed by atoms with E-state index < -0.39 is 0 Å². The number of nitrogens with one attached hydrogen (secondary N) is 1. The Morgan fingerprint density at radius 2 is 2.05 bits per heavy atom. The van der Waals surface area contributed by atoms with Crippen molar-refractivity contribution in [3.8, 4) is 5.75 Å². The van der Waals surface area contributed by atoms with E-state index in [1.165, 1.54) is 0 Å². The molecule has 21 heavy (non-hydrogen) atoms. The quantitative estimate of drug-likeness (QED) is 0.645. The molecule has 1 N–H and O–H groups in total. The van der Waals surface area contributed by atoms with E-state index in [9.17, 15) is 4.79 Å². The van der Waals surface area contributed by atoms with Crippen molar-refractivity contribution in [2.24, 2.45) is 11.3 Å². The van der Waals surface area contributed by atoms with Crippen LogP contribution in [-0.4, -0.2) is 39.2 Å². The molecule has 1 spiro atoms. The van der Waals surface area contributed by atoms with Gasteiger partial charge < -0.3 is 14.8 Å². The van der Waals surface area contributed by atoms with Crippen molar-refractivity contribution in [2.75, 3.05) is 33.4 Å². The van der Waals surface area contributed by atoms with E-state index in [1.807, 2.05) is 24.3 Å². The minimum atomic E-state index is 0.187. The molecule has 0 bridgehead atoms. The highest BCUT2D eigenvalue weighted by Gasteiger charge is 2.57. The Morgan fingerprint density at radius 3 is 2.81 bits per heavy atom. The lowest BCUT2D eigenvalue weighted by Crippen LogP contribution is -2.30. The summed E-state index contributed by atoms with van der Waals surface area (Å²) in [5.41, 5.74) is 0.996. The zero-order valence-electron chi connectivity index (χ0n) is 12.6. The number of carbonyl (C=O) groups is 1. The topological polar surface area (TPSA) is 47.6 Å². The highest BCUT2D eigenvalue weighted by atomic mass is 16.5. The average Bonchev–Trinajstić information content (AvgIpc) is 3.21. The van der Waals surface area contributed by atoms with Gasteiger partial charge in [0.05, 0.1) is 12.2 Å². The summed E-state index contributed by atoms with van der Waals surface area (Å²) in [7, 11) is 1.64. The van der Waals surface area contributed by atoms with E-state index >= 15 is 0 Å². The standard InChI is InChI=1S/C17H23NO3/c1-20-10-11-21-15-5-3-2-4-13(15)16(19)14-12-17(14)6-8-18-9-7-17/h2-5,14,18H,6-12H2,1H3. The van der Waals surface area contributed by atoms with Gasteiger partial charge in [-0.1, -0.05) is 12.1 Å². The molecule has 1 aromatic rings. The third-order valence-electron chi connectivity index (χ3n) is 4.80. The number of piperidine rings is 1. The van der Waals surface area contributed by atoms with Crippen molar-refractivity contribution in [3.05, 3.63) is 29.8 Å². The summed E-state index contributed by atoms with van der Waals surface area (Å²) < 4.78 is 10.7. The summed E-state index contributed by atoms with van der Waals surface area (Å²) >= 11 is 0. The molecule has 2 aliphatic rings. The largest absolute Gasteiger partial charge is 0.490 e. The molecule has 1 aliphatic carbocycles. The van der Waals surface area contributed by atoms with Crippen LogP contribution in [0.4, 0.5) is 0 Å². The Bertz CT molecular complexity index is 509. The fraction of sp³-hybridized carbons (Fsp3) is 0.588. The molecule has 1 aliphatic heterocycles. The minimum absolute atomic E-state index is 0.187. The van der Waals surface area contributed by atoms with Crippen molar-refractivity contribution in [3.63, 3.8) is 0 Å². The Balaban J connectivity index is 1.70. The number of para-hydroxylation sites is 1. The van der Waals surface area contributed by atoms with E-state index in [0.29, 0.717) is 19.0 Å². The van der Waals surface area contributed by atoms with Gasteiger partial charge in [-0.15, -0.1) is 0 Å². The average molecular weight is 289 g/mol. The molecule has 4 heteroatoms. The van der Waals surface area contributed by atoms with Crippen LogP contribution in [0.2, 0.25) is 0 Å². The molecule has 1 unspecified atom stereocenters. The predicted octanol–water partition coefficient (Wildman–Crippen LogP) is 2.28. The van der Waals surface area contributed by atoms with E-state index in [2.05, 4.69) is 5.32 Å². The van der Waals surface area contributed by atoms with Gasteiger partial charge in [0, 0.05) is 13.0 Å². The number of ether oxygens (including phenoxy) is 2. The summed E-state index contributed by atoms with van der Waals surface area (Å²) in [4.78, 5) is 12.8. The third kappa shape index (κ3) is 2.97. The van der Waals surface area contributed by atoms with Crippen LogP contribution in [0, 0.1) is 11.3 Å². The van der Waals surface area contributed by atoms with Crippen molar-refractivity contribution < 1.29 is 14.3 Å². The Morgan fingerprint density at radius 1 is 1.29 bits per heavy atom. The maximum absolute atomic E-state index is 12.8. The highest BCUT2D eigenvalue weighted by molar-refractivity contribution is 6.02. The number of Topliss-reactive ketones (excluding diaryl/α,β-unsaturated/α-hetero) is 1. The van der Waals surface area contributed by atoms with Crippen LogP contribution >= 0.6 is 0 Å². The summed E-state index contributed by atoms with van der Waals surface area (Å²) in [5, 5.41) is 3.38. The molecule has 1 heterocycles. The number of hydrogen-bond acceptors (Lipinski definition) is 4. The number of hydrogen-bond donors (Lipinski definition) is 1. The minimum Gasteiger partial charge on any atom is -0.490 e. The van der Waals surface area contributed by atoms with Crippen LogP contribution < -0.4 is 10.1 Å². The zero-order chi connectivity index (χ0) is 14.7. The fourth-order valence-corrected chi connectivity index (χ4v) is 3.41. The molecular weight excluding hydrogens is 266 g/mol. The Hall–Kier alpha value is -1.39. The molecule has 1 atom stereocenters. The normalized spacial score (nSPS) is 23.0. The van der Waals surface area contributed by atoms with Crippen molar-refractivity contribution in [1.29, 1.82) is 0 Å². The maximum atomic E-state index is 12.8. The second-order valence-electron chi connectivity index (χ2n) is 6.07. The number of carbonyl (C=O) groups excluding carboxylic acids is 1. The monoisotopic (exact) mass is 289 g/mol. The number of rotatable bonds is 6. The van der Waals surface area contributed by atoms with Crippen LogP contribution in [-0.2, 0) is 4.74 Å². The summed E-state index contributed by atoms with van der Waals surface area (Å²) in [6, 6.07) is 7.58. The predicted molar refractivity (Wildman–Crippen MR) is 80.8 cm³/mol. The molecule has 0 radical (unpaired) electrons. The van der Waals surface area contributed by atoms with Crippen LogP contribution in [0.1, 0.15) is 29.6 Å². The molecule has 4 nitrogen and oxygen atoms in total. The van der Waals surface area contributed by atoms with Crippen molar-refractivity contribution >= 4 is 5.78 Å². The van der Waals surface area contributed by atoms with Crippen LogP contribution in [0.25, 0.3) is 0 Å². The molecule has 0 aromatic heterocycles. The van der Waals surface area contributed by atoms with Gasteiger partial charge in [0.2, 0.25) is 0 Å². The molecule has 2 fully saturated rings. The van der Waals surface area contributed by atoms with E-state index in [4.69, 9.17) is 9.47 Å². The fourth-order valence-electron chi connectivity index (χ4n) is 3.41. The lowest BCUT2D eigenvalue weighted by Gasteiger charge is -2.23. The number of ketones is 1. The molecule has 3 rings (SSSR count). The highest BCUT2D eigenvalue weighted by Crippen LogP contribution is 2.59. The van der Waals surface area contributed by atoms with Crippen LogP contribution in [0.15, 0.2) is 24.3 Å². The van der Waals surface area contributed by atoms with E-state index in [1.54, 1.807) is 7.11 Å². The smallest absolute Gasteiger partial charge is 0.170 e. The van der Waals surface area contributed by atoms with Crippen LogP contribution in [0.5, 0.6) is 5.75 Å². The molecule has 114 valence electrons. The van der Waals surface area contributed by atoms with Gasteiger partial charge in [0.25, 0.3) is 0 Å². The molecule has 1 aromatic carbocycles. The number of benzene rings is 1. The maximum Gasteiger partial charge on any atom is 0.170 e. The van der Waals surface area contributed by atoms with Gasteiger partial charge in [-0.05, 0) is 49.9 Å². The molecule has 0 amide bonds. The second kappa shape index (κ2) is 6.16.